The first-order valence-electron chi connectivity index (χ1n) is 5.99. The fourth-order valence-corrected chi connectivity index (χ4v) is 1.81. The fraction of sp³-hybridized carbons (Fsp3) is 0.462. The quantitative estimate of drug-likeness (QED) is 0.692. The van der Waals surface area contributed by atoms with Crippen molar-refractivity contribution < 1.29 is 9.90 Å². The van der Waals surface area contributed by atoms with Crippen molar-refractivity contribution in [3.05, 3.63) is 29.8 Å². The maximum Gasteiger partial charge on any atom is 0.251 e. The van der Waals surface area contributed by atoms with Crippen molar-refractivity contribution in [2.24, 2.45) is 0 Å². The number of aliphatic hydroxyl groups is 1. The highest BCUT2D eigenvalue weighted by molar-refractivity contribution is 5.95. The second-order valence-corrected chi connectivity index (χ2v) is 4.96. The molecule has 0 spiro atoms. The molecule has 1 aliphatic rings. The van der Waals surface area contributed by atoms with Gasteiger partial charge in [-0.15, -0.1) is 0 Å². The lowest BCUT2D eigenvalue weighted by atomic mass is 9.97. The van der Waals surface area contributed by atoms with Gasteiger partial charge in [-0.25, -0.2) is 0 Å². The molecule has 1 aromatic carbocycles. The van der Waals surface area contributed by atoms with Crippen molar-refractivity contribution in [3.63, 3.8) is 0 Å². The van der Waals surface area contributed by atoms with Gasteiger partial charge in [0.25, 0.3) is 5.91 Å². The minimum absolute atomic E-state index is 0.154. The number of nitrogens with one attached hydrogen (secondary N) is 2. The Morgan fingerprint density at radius 2 is 2.22 bits per heavy atom. The molecule has 1 saturated heterocycles. The van der Waals surface area contributed by atoms with E-state index >= 15 is 0 Å². The summed E-state index contributed by atoms with van der Waals surface area (Å²) in [7, 11) is 3.86. The van der Waals surface area contributed by atoms with Crippen molar-refractivity contribution in [1.29, 1.82) is 0 Å². The van der Waals surface area contributed by atoms with E-state index in [-0.39, 0.29) is 12.5 Å². The third kappa shape index (κ3) is 2.80. The standard InChI is InChI=1S/C13H19N3O2/c1-16(2)11-5-3-4-10(6-11)12(17)15-9-13(18)7-14-8-13/h3-6,14,18H,7-9H2,1-2H3,(H,15,17). The van der Waals surface area contributed by atoms with E-state index in [1.807, 2.05) is 37.2 Å². The first-order chi connectivity index (χ1) is 8.50. The lowest BCUT2D eigenvalue weighted by Crippen LogP contribution is -2.64. The van der Waals surface area contributed by atoms with Crippen LogP contribution in [0.3, 0.4) is 0 Å². The Labute approximate surface area is 107 Å². The average molecular weight is 249 g/mol. The van der Waals surface area contributed by atoms with E-state index in [1.54, 1.807) is 6.07 Å². The van der Waals surface area contributed by atoms with Gasteiger partial charge in [-0.1, -0.05) is 6.07 Å². The number of anilines is 1. The molecule has 0 unspecified atom stereocenters. The van der Waals surface area contributed by atoms with Crippen molar-refractivity contribution in [2.45, 2.75) is 5.60 Å². The van der Waals surface area contributed by atoms with Gasteiger partial charge in [0.15, 0.2) is 0 Å². The van der Waals surface area contributed by atoms with Crippen LogP contribution in [-0.2, 0) is 0 Å². The van der Waals surface area contributed by atoms with E-state index < -0.39 is 5.60 Å². The van der Waals surface area contributed by atoms with Crippen LogP contribution >= 0.6 is 0 Å². The van der Waals surface area contributed by atoms with Crippen LogP contribution in [0, 0.1) is 0 Å². The molecular formula is C13H19N3O2. The zero-order valence-corrected chi connectivity index (χ0v) is 10.7. The minimum Gasteiger partial charge on any atom is -0.385 e. The SMILES string of the molecule is CN(C)c1cccc(C(=O)NCC2(O)CNC2)c1. The summed E-state index contributed by atoms with van der Waals surface area (Å²) >= 11 is 0. The maximum absolute atomic E-state index is 11.9. The van der Waals surface area contributed by atoms with Crippen molar-refractivity contribution in [3.8, 4) is 0 Å². The largest absolute Gasteiger partial charge is 0.385 e. The van der Waals surface area contributed by atoms with Crippen LogP contribution in [-0.4, -0.2) is 50.3 Å². The third-order valence-corrected chi connectivity index (χ3v) is 3.11. The van der Waals surface area contributed by atoms with E-state index in [9.17, 15) is 9.90 Å². The average Bonchev–Trinajstić information content (AvgIpc) is 2.33. The summed E-state index contributed by atoms with van der Waals surface area (Å²) in [5.74, 6) is -0.154. The highest BCUT2D eigenvalue weighted by Crippen LogP contribution is 2.14. The Hall–Kier alpha value is -1.59. The monoisotopic (exact) mass is 249 g/mol. The van der Waals surface area contributed by atoms with Crippen molar-refractivity contribution in [1.82, 2.24) is 10.6 Å². The highest BCUT2D eigenvalue weighted by Gasteiger charge is 2.34. The first kappa shape index (κ1) is 12.9. The van der Waals surface area contributed by atoms with Crippen molar-refractivity contribution >= 4 is 11.6 Å². The second-order valence-electron chi connectivity index (χ2n) is 4.96. The number of rotatable bonds is 4. The van der Waals surface area contributed by atoms with Crippen LogP contribution in [0.5, 0.6) is 0 Å². The minimum atomic E-state index is -0.783. The molecule has 18 heavy (non-hydrogen) atoms. The number of amides is 1. The number of β-amino-alcohol motifs (C(OH)–C–C–N with tert-alkyl or cyclic N) is 1. The number of hydrogen-bond acceptors (Lipinski definition) is 4. The molecule has 0 radical (unpaired) electrons. The van der Waals surface area contributed by atoms with Gasteiger partial charge in [0.05, 0.1) is 0 Å². The molecule has 1 aromatic rings. The number of hydrogen-bond donors (Lipinski definition) is 3. The maximum atomic E-state index is 11.9. The van der Waals surface area contributed by atoms with Gasteiger partial charge in [0.1, 0.15) is 5.60 Å². The molecule has 1 fully saturated rings. The van der Waals surface area contributed by atoms with Gasteiger partial charge in [0.2, 0.25) is 0 Å². The lowest BCUT2D eigenvalue weighted by Gasteiger charge is -2.37. The van der Waals surface area contributed by atoms with Crippen LogP contribution < -0.4 is 15.5 Å². The molecule has 2 rings (SSSR count). The molecule has 0 aliphatic carbocycles. The smallest absolute Gasteiger partial charge is 0.251 e. The van der Waals surface area contributed by atoms with E-state index in [2.05, 4.69) is 10.6 Å². The van der Waals surface area contributed by atoms with E-state index in [0.29, 0.717) is 18.7 Å². The van der Waals surface area contributed by atoms with Gasteiger partial charge < -0.3 is 20.6 Å². The molecule has 0 aromatic heterocycles. The molecular weight excluding hydrogens is 230 g/mol. The molecule has 0 atom stereocenters. The third-order valence-electron chi connectivity index (χ3n) is 3.11. The Morgan fingerprint density at radius 1 is 1.50 bits per heavy atom. The Morgan fingerprint density at radius 3 is 2.78 bits per heavy atom. The molecule has 1 amide bonds. The summed E-state index contributed by atoms with van der Waals surface area (Å²) < 4.78 is 0. The Balaban J connectivity index is 1.98. The molecule has 0 saturated carbocycles. The predicted molar refractivity (Wildman–Crippen MR) is 70.9 cm³/mol. The zero-order valence-electron chi connectivity index (χ0n) is 10.7. The molecule has 5 heteroatoms. The second kappa shape index (κ2) is 4.96. The Kier molecular flexibility index (Phi) is 3.54. The molecule has 0 bridgehead atoms. The zero-order chi connectivity index (χ0) is 13.2. The van der Waals surface area contributed by atoms with Crippen molar-refractivity contribution in [2.75, 3.05) is 38.6 Å². The van der Waals surface area contributed by atoms with E-state index in [1.165, 1.54) is 0 Å². The van der Waals surface area contributed by atoms with Crippen LogP contribution in [0.1, 0.15) is 10.4 Å². The number of nitrogens with zero attached hydrogens (tertiary/aromatic N) is 1. The van der Waals surface area contributed by atoms with Gasteiger partial charge in [0, 0.05) is 45.0 Å². The highest BCUT2D eigenvalue weighted by atomic mass is 16.3. The van der Waals surface area contributed by atoms with Gasteiger partial charge in [-0.05, 0) is 18.2 Å². The number of benzene rings is 1. The van der Waals surface area contributed by atoms with Gasteiger partial charge >= 0.3 is 0 Å². The van der Waals surface area contributed by atoms with E-state index in [0.717, 1.165) is 5.69 Å². The number of carbonyl (C=O) groups is 1. The van der Waals surface area contributed by atoms with Gasteiger partial charge in [-0.2, -0.15) is 0 Å². The summed E-state index contributed by atoms with van der Waals surface area (Å²) in [6.45, 7) is 1.35. The summed E-state index contributed by atoms with van der Waals surface area (Å²) in [5, 5.41) is 15.6. The normalized spacial score (nSPS) is 16.8. The molecule has 1 heterocycles. The Bertz CT molecular complexity index is 442. The van der Waals surface area contributed by atoms with Crippen LogP contribution in [0.15, 0.2) is 24.3 Å². The summed E-state index contributed by atoms with van der Waals surface area (Å²) in [6, 6.07) is 7.40. The molecule has 3 N–H and O–H groups in total. The predicted octanol–water partition coefficient (Wildman–Crippen LogP) is -0.183. The molecule has 98 valence electrons. The summed E-state index contributed by atoms with van der Waals surface area (Å²) in [6.07, 6.45) is 0. The van der Waals surface area contributed by atoms with Crippen LogP contribution in [0.25, 0.3) is 0 Å². The molecule has 1 aliphatic heterocycles. The fourth-order valence-electron chi connectivity index (χ4n) is 1.81. The molecule has 5 nitrogen and oxygen atoms in total. The van der Waals surface area contributed by atoms with E-state index in [4.69, 9.17) is 0 Å². The number of carbonyl (C=O) groups excluding carboxylic acids is 1. The topological polar surface area (TPSA) is 64.6 Å². The summed E-state index contributed by atoms with van der Waals surface area (Å²) in [4.78, 5) is 13.9. The van der Waals surface area contributed by atoms with Crippen LogP contribution in [0.4, 0.5) is 5.69 Å². The summed E-state index contributed by atoms with van der Waals surface area (Å²) in [5.41, 5.74) is 0.804. The lowest BCUT2D eigenvalue weighted by molar-refractivity contribution is -0.00759. The van der Waals surface area contributed by atoms with Crippen LogP contribution in [0.2, 0.25) is 0 Å². The first-order valence-corrected chi connectivity index (χ1v) is 5.99. The van der Waals surface area contributed by atoms with Gasteiger partial charge in [-0.3, -0.25) is 4.79 Å².